The monoisotopic (exact) mass is 370 g/mol. The number of ether oxygens (including phenoxy) is 1. The Morgan fingerprint density at radius 1 is 1.07 bits per heavy atom. The van der Waals surface area contributed by atoms with E-state index in [1.165, 1.54) is 18.5 Å². The SMILES string of the molecule is CCOc1ccc(Nc2cc(C(=O)Nc3c(F)cccc3F)ncn2)cc1. The van der Waals surface area contributed by atoms with Gasteiger partial charge in [-0.15, -0.1) is 0 Å². The Morgan fingerprint density at radius 2 is 1.78 bits per heavy atom. The summed E-state index contributed by atoms with van der Waals surface area (Å²) in [6, 6.07) is 11.9. The molecule has 0 atom stereocenters. The van der Waals surface area contributed by atoms with E-state index < -0.39 is 23.2 Å². The van der Waals surface area contributed by atoms with E-state index in [1.807, 2.05) is 6.92 Å². The molecule has 6 nitrogen and oxygen atoms in total. The maximum absolute atomic E-state index is 13.7. The summed E-state index contributed by atoms with van der Waals surface area (Å²) < 4.78 is 32.7. The van der Waals surface area contributed by atoms with Crippen LogP contribution >= 0.6 is 0 Å². The van der Waals surface area contributed by atoms with Crippen LogP contribution < -0.4 is 15.4 Å². The summed E-state index contributed by atoms with van der Waals surface area (Å²) in [6.07, 6.45) is 1.18. The van der Waals surface area contributed by atoms with Crippen LogP contribution in [0.5, 0.6) is 5.75 Å². The van der Waals surface area contributed by atoms with Crippen LogP contribution in [-0.4, -0.2) is 22.5 Å². The van der Waals surface area contributed by atoms with Gasteiger partial charge >= 0.3 is 0 Å². The third-order valence-electron chi connectivity index (χ3n) is 3.54. The molecule has 3 aromatic rings. The van der Waals surface area contributed by atoms with E-state index in [0.717, 1.165) is 23.6 Å². The van der Waals surface area contributed by atoms with Crippen molar-refractivity contribution in [2.75, 3.05) is 17.2 Å². The average molecular weight is 370 g/mol. The first-order valence-corrected chi connectivity index (χ1v) is 8.14. The third kappa shape index (κ3) is 4.55. The number of para-hydroxylation sites is 1. The number of halogens is 2. The molecule has 8 heteroatoms. The Kier molecular flexibility index (Phi) is 5.55. The van der Waals surface area contributed by atoms with Crippen LogP contribution in [-0.2, 0) is 0 Å². The summed E-state index contributed by atoms with van der Waals surface area (Å²) in [6.45, 7) is 2.46. The molecule has 0 radical (unpaired) electrons. The molecule has 138 valence electrons. The summed E-state index contributed by atoms with van der Waals surface area (Å²) in [5.41, 5.74) is 0.159. The van der Waals surface area contributed by atoms with Crippen molar-refractivity contribution in [3.63, 3.8) is 0 Å². The first-order chi connectivity index (χ1) is 13.1. The molecule has 1 aromatic heterocycles. The molecule has 1 heterocycles. The van der Waals surface area contributed by atoms with E-state index in [-0.39, 0.29) is 5.69 Å². The highest BCUT2D eigenvalue weighted by molar-refractivity contribution is 6.03. The molecule has 0 saturated carbocycles. The minimum Gasteiger partial charge on any atom is -0.494 e. The van der Waals surface area contributed by atoms with E-state index in [4.69, 9.17) is 4.74 Å². The fraction of sp³-hybridized carbons (Fsp3) is 0.105. The lowest BCUT2D eigenvalue weighted by Gasteiger charge is -2.09. The van der Waals surface area contributed by atoms with Gasteiger partial charge in [0, 0.05) is 11.8 Å². The minimum atomic E-state index is -0.870. The smallest absolute Gasteiger partial charge is 0.274 e. The Labute approximate surface area is 154 Å². The number of nitrogens with zero attached hydrogens (tertiary/aromatic N) is 2. The lowest BCUT2D eigenvalue weighted by atomic mass is 10.2. The van der Waals surface area contributed by atoms with Crippen molar-refractivity contribution in [3.8, 4) is 5.75 Å². The van der Waals surface area contributed by atoms with Crippen molar-refractivity contribution in [1.29, 1.82) is 0 Å². The highest BCUT2D eigenvalue weighted by Crippen LogP contribution is 2.21. The van der Waals surface area contributed by atoms with Crippen LogP contribution in [0.15, 0.2) is 54.9 Å². The van der Waals surface area contributed by atoms with E-state index in [2.05, 4.69) is 20.6 Å². The molecule has 2 N–H and O–H groups in total. The molecule has 1 amide bonds. The topological polar surface area (TPSA) is 76.1 Å². The zero-order chi connectivity index (χ0) is 19.2. The highest BCUT2D eigenvalue weighted by Gasteiger charge is 2.15. The van der Waals surface area contributed by atoms with Gasteiger partial charge < -0.3 is 15.4 Å². The number of rotatable bonds is 6. The normalized spacial score (nSPS) is 10.3. The van der Waals surface area contributed by atoms with Gasteiger partial charge in [-0.05, 0) is 43.3 Å². The molecule has 2 aromatic carbocycles. The molecule has 0 saturated heterocycles. The summed E-state index contributed by atoms with van der Waals surface area (Å²) in [5.74, 6) is -1.41. The number of carbonyl (C=O) groups excluding carboxylic acids is 1. The molecular weight excluding hydrogens is 354 g/mol. The van der Waals surface area contributed by atoms with Crippen LogP contribution in [0.25, 0.3) is 0 Å². The fourth-order valence-electron chi connectivity index (χ4n) is 2.29. The lowest BCUT2D eigenvalue weighted by molar-refractivity contribution is 0.102. The van der Waals surface area contributed by atoms with E-state index in [9.17, 15) is 13.6 Å². The molecule has 0 unspecified atom stereocenters. The molecule has 0 aliphatic heterocycles. The number of amides is 1. The first-order valence-electron chi connectivity index (χ1n) is 8.14. The number of anilines is 3. The van der Waals surface area contributed by atoms with Crippen molar-refractivity contribution in [2.24, 2.45) is 0 Å². The van der Waals surface area contributed by atoms with Crippen molar-refractivity contribution in [3.05, 3.63) is 72.2 Å². The Hall–Kier alpha value is -3.55. The number of nitrogens with one attached hydrogen (secondary N) is 2. The van der Waals surface area contributed by atoms with Crippen molar-refractivity contribution >= 4 is 23.1 Å². The average Bonchev–Trinajstić information content (AvgIpc) is 2.67. The minimum absolute atomic E-state index is 0.0407. The maximum atomic E-state index is 13.7. The maximum Gasteiger partial charge on any atom is 0.274 e. The van der Waals surface area contributed by atoms with Crippen LogP contribution in [0.2, 0.25) is 0 Å². The zero-order valence-electron chi connectivity index (χ0n) is 14.4. The van der Waals surface area contributed by atoms with Crippen molar-refractivity contribution < 1.29 is 18.3 Å². The van der Waals surface area contributed by atoms with Crippen LogP contribution in [0.1, 0.15) is 17.4 Å². The second-order valence-electron chi connectivity index (χ2n) is 5.42. The largest absolute Gasteiger partial charge is 0.494 e. The second kappa shape index (κ2) is 8.22. The van der Waals surface area contributed by atoms with Gasteiger partial charge in [-0.1, -0.05) is 6.07 Å². The van der Waals surface area contributed by atoms with Crippen LogP contribution in [0, 0.1) is 11.6 Å². The number of hydrogen-bond acceptors (Lipinski definition) is 5. The molecule has 0 bridgehead atoms. The Balaban J connectivity index is 1.74. The molecule has 0 spiro atoms. The standard InChI is InChI=1S/C19H16F2N4O2/c1-2-27-13-8-6-12(7-9-13)24-17-10-16(22-11-23-17)19(26)25-18-14(20)4-3-5-15(18)21/h3-11H,2H2,1H3,(H,25,26)(H,22,23,24). The quantitative estimate of drug-likeness (QED) is 0.682. The number of aromatic nitrogens is 2. The predicted octanol–water partition coefficient (Wildman–Crippen LogP) is 4.15. The van der Waals surface area contributed by atoms with E-state index in [0.29, 0.717) is 12.4 Å². The Bertz CT molecular complexity index is 928. The molecule has 3 rings (SSSR count). The molecule has 27 heavy (non-hydrogen) atoms. The van der Waals surface area contributed by atoms with E-state index in [1.54, 1.807) is 24.3 Å². The van der Waals surface area contributed by atoms with Gasteiger partial charge in [0.2, 0.25) is 0 Å². The molecule has 0 aliphatic rings. The van der Waals surface area contributed by atoms with E-state index >= 15 is 0 Å². The van der Waals surface area contributed by atoms with Gasteiger partial charge in [-0.3, -0.25) is 4.79 Å². The third-order valence-corrected chi connectivity index (χ3v) is 3.54. The lowest BCUT2D eigenvalue weighted by Crippen LogP contribution is -2.16. The molecule has 0 aliphatic carbocycles. The summed E-state index contributed by atoms with van der Waals surface area (Å²) in [7, 11) is 0. The molecular formula is C19H16F2N4O2. The van der Waals surface area contributed by atoms with Crippen molar-refractivity contribution in [1.82, 2.24) is 9.97 Å². The predicted molar refractivity (Wildman–Crippen MR) is 97.2 cm³/mol. The number of benzene rings is 2. The van der Waals surface area contributed by atoms with Crippen molar-refractivity contribution in [2.45, 2.75) is 6.92 Å². The van der Waals surface area contributed by atoms with Crippen LogP contribution in [0.3, 0.4) is 0 Å². The van der Waals surface area contributed by atoms with Gasteiger partial charge in [0.1, 0.15) is 40.9 Å². The zero-order valence-corrected chi connectivity index (χ0v) is 14.4. The van der Waals surface area contributed by atoms with Gasteiger partial charge in [-0.25, -0.2) is 18.7 Å². The highest BCUT2D eigenvalue weighted by atomic mass is 19.1. The summed E-state index contributed by atoms with van der Waals surface area (Å²) in [5, 5.41) is 5.20. The number of carbonyl (C=O) groups is 1. The number of hydrogen-bond donors (Lipinski definition) is 2. The van der Waals surface area contributed by atoms with Gasteiger partial charge in [-0.2, -0.15) is 0 Å². The second-order valence-corrected chi connectivity index (χ2v) is 5.42. The van der Waals surface area contributed by atoms with Crippen LogP contribution in [0.4, 0.5) is 26.0 Å². The fourth-order valence-corrected chi connectivity index (χ4v) is 2.29. The van der Waals surface area contributed by atoms with Gasteiger partial charge in [0.15, 0.2) is 0 Å². The summed E-state index contributed by atoms with van der Waals surface area (Å²) in [4.78, 5) is 20.1. The molecule has 0 fully saturated rings. The van der Waals surface area contributed by atoms with Gasteiger partial charge in [0.05, 0.1) is 6.61 Å². The first kappa shape index (κ1) is 18.2. The summed E-state index contributed by atoms with van der Waals surface area (Å²) >= 11 is 0. The van der Waals surface area contributed by atoms with Gasteiger partial charge in [0.25, 0.3) is 5.91 Å². The Morgan fingerprint density at radius 3 is 2.44 bits per heavy atom.